The lowest BCUT2D eigenvalue weighted by atomic mass is 10.2. The smallest absolute Gasteiger partial charge is 0.277 e. The fraction of sp³-hybridized carbons (Fsp3) is 0.500. The summed E-state index contributed by atoms with van der Waals surface area (Å²) in [5, 5.41) is 8.43. The quantitative estimate of drug-likeness (QED) is 0.705. The number of sulfonamides is 1. The molecule has 0 bridgehead atoms. The van der Waals surface area contributed by atoms with Crippen molar-refractivity contribution in [3.05, 3.63) is 34.6 Å². The molecule has 2 aromatic rings. The molecule has 3 rings (SSSR count). The summed E-state index contributed by atoms with van der Waals surface area (Å²) < 4.78 is 25.6. The average molecular weight is 379 g/mol. The molecule has 10 heteroatoms. The molecule has 0 radical (unpaired) electrons. The second-order valence-corrected chi connectivity index (χ2v) is 8.26. The Hall–Kier alpha value is -2.33. The number of hydrogen-bond acceptors (Lipinski definition) is 6. The van der Waals surface area contributed by atoms with Crippen LogP contribution in [0.1, 0.15) is 12.8 Å². The summed E-state index contributed by atoms with van der Waals surface area (Å²) in [6.07, 6.45) is 1.92. The fourth-order valence-electron chi connectivity index (χ4n) is 2.98. The molecule has 1 saturated heterocycles. The van der Waals surface area contributed by atoms with E-state index in [0.717, 1.165) is 0 Å². The van der Waals surface area contributed by atoms with Crippen molar-refractivity contribution in [3.8, 4) is 0 Å². The van der Waals surface area contributed by atoms with E-state index in [1.807, 2.05) is 0 Å². The number of hydrogen-bond donors (Lipinski definition) is 0. The van der Waals surface area contributed by atoms with Crippen molar-refractivity contribution in [2.45, 2.75) is 19.4 Å². The van der Waals surface area contributed by atoms with Gasteiger partial charge in [-0.15, -0.1) is 5.10 Å². The molecule has 1 aromatic heterocycles. The summed E-state index contributed by atoms with van der Waals surface area (Å²) >= 11 is 0. The lowest BCUT2D eigenvalue weighted by Crippen LogP contribution is -2.50. The molecule has 1 amide bonds. The summed E-state index contributed by atoms with van der Waals surface area (Å²) in [7, 11) is -3.21. The largest absolute Gasteiger partial charge is 0.340 e. The second kappa shape index (κ2) is 7.50. The van der Waals surface area contributed by atoms with E-state index in [0.29, 0.717) is 50.0 Å². The van der Waals surface area contributed by atoms with Gasteiger partial charge in [-0.05, 0) is 18.6 Å². The SMILES string of the molecule is CS(=O)(=O)N1CCN(C(=O)CCCn2nnc3ccccc3c2=O)CC1. The zero-order valence-electron chi connectivity index (χ0n) is 14.5. The Morgan fingerprint density at radius 1 is 1.15 bits per heavy atom. The number of aryl methyl sites for hydroxylation is 1. The number of fused-ring (bicyclic) bond motifs is 1. The minimum absolute atomic E-state index is 0.0417. The number of aromatic nitrogens is 3. The molecule has 1 aliphatic heterocycles. The standard InChI is InChI=1S/C16H21N5O4S/c1-26(24,25)20-11-9-19(10-12-20)15(22)7-4-8-21-16(23)13-5-2-3-6-14(13)17-18-21/h2-3,5-6H,4,7-12H2,1H3. The Morgan fingerprint density at radius 2 is 1.85 bits per heavy atom. The van der Waals surface area contributed by atoms with E-state index in [1.54, 1.807) is 29.2 Å². The van der Waals surface area contributed by atoms with Crippen LogP contribution in [0.5, 0.6) is 0 Å². The molecule has 2 heterocycles. The Balaban J connectivity index is 1.53. The van der Waals surface area contributed by atoms with Gasteiger partial charge in [0.15, 0.2) is 0 Å². The molecular weight excluding hydrogens is 358 g/mol. The van der Waals surface area contributed by atoms with Crippen molar-refractivity contribution in [2.24, 2.45) is 0 Å². The normalized spacial score (nSPS) is 16.1. The van der Waals surface area contributed by atoms with Crippen molar-refractivity contribution in [2.75, 3.05) is 32.4 Å². The van der Waals surface area contributed by atoms with Gasteiger partial charge in [0, 0.05) is 39.1 Å². The molecule has 140 valence electrons. The summed E-state index contributed by atoms with van der Waals surface area (Å²) in [6.45, 7) is 1.73. The molecular formula is C16H21N5O4S. The maximum absolute atomic E-state index is 12.3. The number of rotatable bonds is 5. The second-order valence-electron chi connectivity index (χ2n) is 6.28. The lowest BCUT2D eigenvalue weighted by Gasteiger charge is -2.33. The van der Waals surface area contributed by atoms with Crippen LogP contribution in [-0.2, 0) is 21.4 Å². The third kappa shape index (κ3) is 4.07. The maximum Gasteiger partial charge on any atom is 0.277 e. The van der Waals surface area contributed by atoms with Gasteiger partial charge in [-0.25, -0.2) is 13.1 Å². The van der Waals surface area contributed by atoms with Crippen molar-refractivity contribution in [1.29, 1.82) is 0 Å². The molecule has 1 aliphatic rings. The van der Waals surface area contributed by atoms with Gasteiger partial charge in [-0.3, -0.25) is 9.59 Å². The Kier molecular flexibility index (Phi) is 5.33. The van der Waals surface area contributed by atoms with Gasteiger partial charge >= 0.3 is 0 Å². The van der Waals surface area contributed by atoms with Gasteiger partial charge < -0.3 is 4.90 Å². The minimum Gasteiger partial charge on any atom is -0.340 e. The number of carbonyl (C=O) groups is 1. The van der Waals surface area contributed by atoms with Crippen molar-refractivity contribution < 1.29 is 13.2 Å². The number of benzene rings is 1. The summed E-state index contributed by atoms with van der Waals surface area (Å²) in [4.78, 5) is 26.3. The lowest BCUT2D eigenvalue weighted by molar-refractivity contribution is -0.132. The Morgan fingerprint density at radius 3 is 2.54 bits per heavy atom. The van der Waals surface area contributed by atoms with Gasteiger partial charge in [0.05, 0.1) is 11.6 Å². The van der Waals surface area contributed by atoms with Crippen molar-refractivity contribution in [3.63, 3.8) is 0 Å². The molecule has 0 atom stereocenters. The molecule has 1 aromatic carbocycles. The van der Waals surface area contributed by atoms with E-state index in [4.69, 9.17) is 0 Å². The monoisotopic (exact) mass is 379 g/mol. The molecule has 0 unspecified atom stereocenters. The summed E-state index contributed by atoms with van der Waals surface area (Å²) in [6, 6.07) is 7.00. The van der Waals surface area contributed by atoms with Crippen molar-refractivity contribution in [1.82, 2.24) is 24.2 Å². The van der Waals surface area contributed by atoms with Gasteiger partial charge in [-0.2, -0.15) is 4.31 Å². The summed E-state index contributed by atoms with van der Waals surface area (Å²) in [5.74, 6) is -0.0417. The van der Waals surface area contributed by atoms with Crippen LogP contribution in [0.15, 0.2) is 29.1 Å². The van der Waals surface area contributed by atoms with Gasteiger partial charge in [0.25, 0.3) is 5.56 Å². The predicted molar refractivity (Wildman–Crippen MR) is 96.0 cm³/mol. The van der Waals surface area contributed by atoms with E-state index >= 15 is 0 Å². The van der Waals surface area contributed by atoms with Crippen LogP contribution in [0.2, 0.25) is 0 Å². The third-order valence-electron chi connectivity index (χ3n) is 4.45. The van der Waals surface area contributed by atoms with E-state index < -0.39 is 10.0 Å². The minimum atomic E-state index is -3.21. The highest BCUT2D eigenvalue weighted by molar-refractivity contribution is 7.88. The van der Waals surface area contributed by atoms with E-state index in [1.165, 1.54) is 15.2 Å². The number of carbonyl (C=O) groups excluding carboxylic acids is 1. The maximum atomic E-state index is 12.3. The number of piperazine rings is 1. The first kappa shape index (κ1) is 18.5. The molecule has 9 nitrogen and oxygen atoms in total. The number of nitrogens with zero attached hydrogens (tertiary/aromatic N) is 5. The molecule has 0 spiro atoms. The summed E-state index contributed by atoms with van der Waals surface area (Å²) in [5.41, 5.74) is 0.332. The number of amides is 1. The van der Waals surface area contributed by atoms with Crippen LogP contribution in [-0.4, -0.2) is 71.0 Å². The topological polar surface area (TPSA) is 105 Å². The predicted octanol–water partition coefficient (Wildman–Crippen LogP) is -0.324. The van der Waals surface area contributed by atoms with Crippen LogP contribution >= 0.6 is 0 Å². The molecule has 26 heavy (non-hydrogen) atoms. The van der Waals surface area contributed by atoms with Gasteiger partial charge in [0.2, 0.25) is 15.9 Å². The first-order valence-electron chi connectivity index (χ1n) is 8.42. The Bertz CT molecular complexity index is 964. The zero-order valence-corrected chi connectivity index (χ0v) is 15.4. The van der Waals surface area contributed by atoms with E-state index in [2.05, 4.69) is 10.3 Å². The molecule has 0 aliphatic carbocycles. The van der Waals surface area contributed by atoms with Gasteiger partial charge in [-0.1, -0.05) is 17.3 Å². The van der Waals surface area contributed by atoms with Gasteiger partial charge in [0.1, 0.15) is 5.52 Å². The highest BCUT2D eigenvalue weighted by Gasteiger charge is 2.25. The first-order chi connectivity index (χ1) is 12.4. The third-order valence-corrected chi connectivity index (χ3v) is 5.75. The van der Waals surface area contributed by atoms with Crippen LogP contribution in [0.4, 0.5) is 0 Å². The van der Waals surface area contributed by atoms with Crippen LogP contribution in [0, 0.1) is 0 Å². The fourth-order valence-corrected chi connectivity index (χ4v) is 3.80. The Labute approximate surface area is 151 Å². The zero-order chi connectivity index (χ0) is 18.7. The average Bonchev–Trinajstić information content (AvgIpc) is 2.63. The van der Waals surface area contributed by atoms with Crippen LogP contribution in [0.25, 0.3) is 10.9 Å². The van der Waals surface area contributed by atoms with E-state index in [9.17, 15) is 18.0 Å². The highest BCUT2D eigenvalue weighted by atomic mass is 32.2. The molecule has 1 fully saturated rings. The molecule has 0 N–H and O–H groups in total. The van der Waals surface area contributed by atoms with E-state index in [-0.39, 0.29) is 17.9 Å². The van der Waals surface area contributed by atoms with Crippen LogP contribution in [0.3, 0.4) is 0 Å². The van der Waals surface area contributed by atoms with Crippen molar-refractivity contribution >= 4 is 26.8 Å². The molecule has 0 saturated carbocycles. The first-order valence-corrected chi connectivity index (χ1v) is 10.3. The van der Waals surface area contributed by atoms with Crippen LogP contribution < -0.4 is 5.56 Å². The highest BCUT2D eigenvalue weighted by Crippen LogP contribution is 2.09.